The number of halogens is 1. The number of nitrogens with one attached hydrogen (secondary N) is 1. The van der Waals surface area contributed by atoms with Crippen LogP contribution in [0.3, 0.4) is 0 Å². The number of aromatic nitrogens is 1. The number of benzene rings is 2. The largest absolute Gasteiger partial charge is 0.452 e. The summed E-state index contributed by atoms with van der Waals surface area (Å²) in [6.45, 7) is 6.04. The van der Waals surface area contributed by atoms with E-state index in [1.807, 2.05) is 37.3 Å². The molecule has 0 saturated heterocycles. The molecule has 6 nitrogen and oxygen atoms in total. The number of nitrogens with zero attached hydrogens (tertiary/aromatic N) is 2. The van der Waals surface area contributed by atoms with Gasteiger partial charge in [-0.3, -0.25) is 14.7 Å². The van der Waals surface area contributed by atoms with E-state index in [0.717, 1.165) is 47.2 Å². The molecule has 0 unspecified atom stereocenters. The number of para-hydroxylation sites is 1. The number of anilines is 1. The SMILES string of the molecule is CCN1CCc2nc3ccccc3c(C(=O)OCC(=O)Nc3ccc(C)c(Cl)c3)c2C1. The Morgan fingerprint density at radius 1 is 1.23 bits per heavy atom. The molecule has 0 saturated carbocycles. The summed E-state index contributed by atoms with van der Waals surface area (Å²) in [5, 5.41) is 4.02. The number of carbonyl (C=O) groups is 2. The summed E-state index contributed by atoms with van der Waals surface area (Å²) in [6.07, 6.45) is 0.781. The van der Waals surface area contributed by atoms with Gasteiger partial charge in [-0.1, -0.05) is 42.8 Å². The summed E-state index contributed by atoms with van der Waals surface area (Å²) in [7, 11) is 0. The number of hydrogen-bond donors (Lipinski definition) is 1. The third kappa shape index (κ3) is 4.55. The van der Waals surface area contributed by atoms with E-state index < -0.39 is 11.9 Å². The van der Waals surface area contributed by atoms with E-state index in [2.05, 4.69) is 17.1 Å². The lowest BCUT2D eigenvalue weighted by atomic mass is 9.96. The number of rotatable bonds is 5. The molecule has 3 aromatic rings. The van der Waals surface area contributed by atoms with Gasteiger partial charge >= 0.3 is 5.97 Å². The van der Waals surface area contributed by atoms with Crippen LogP contribution in [0.1, 0.15) is 34.1 Å². The van der Waals surface area contributed by atoms with Crippen LogP contribution < -0.4 is 5.32 Å². The van der Waals surface area contributed by atoms with Gasteiger partial charge in [0.15, 0.2) is 6.61 Å². The van der Waals surface area contributed by atoms with Gasteiger partial charge in [0.2, 0.25) is 0 Å². The van der Waals surface area contributed by atoms with Crippen LogP contribution in [0.15, 0.2) is 42.5 Å². The number of pyridine rings is 1. The van der Waals surface area contributed by atoms with Crippen molar-refractivity contribution < 1.29 is 14.3 Å². The van der Waals surface area contributed by atoms with E-state index in [4.69, 9.17) is 21.3 Å². The first-order valence-corrected chi connectivity index (χ1v) is 10.7. The van der Waals surface area contributed by atoms with E-state index in [1.165, 1.54) is 0 Å². The molecular formula is C24H24ClN3O3. The molecule has 0 aliphatic carbocycles. The van der Waals surface area contributed by atoms with E-state index >= 15 is 0 Å². The molecule has 0 fully saturated rings. The van der Waals surface area contributed by atoms with Crippen molar-refractivity contribution in [1.82, 2.24) is 9.88 Å². The van der Waals surface area contributed by atoms with Gasteiger partial charge in [0.05, 0.1) is 11.1 Å². The maximum absolute atomic E-state index is 13.1. The summed E-state index contributed by atoms with van der Waals surface area (Å²) in [4.78, 5) is 32.5. The summed E-state index contributed by atoms with van der Waals surface area (Å²) in [5.41, 5.74) is 4.56. The number of carbonyl (C=O) groups excluding carboxylic acids is 2. The van der Waals surface area contributed by atoms with Gasteiger partial charge < -0.3 is 10.1 Å². The number of ether oxygens (including phenoxy) is 1. The molecule has 0 radical (unpaired) electrons. The fourth-order valence-corrected chi connectivity index (χ4v) is 4.00. The van der Waals surface area contributed by atoms with E-state index in [9.17, 15) is 9.59 Å². The fraction of sp³-hybridized carbons (Fsp3) is 0.292. The normalized spacial score (nSPS) is 13.6. The fourth-order valence-electron chi connectivity index (χ4n) is 3.82. The van der Waals surface area contributed by atoms with Gasteiger partial charge in [0.25, 0.3) is 5.91 Å². The second-order valence-electron chi connectivity index (χ2n) is 7.64. The molecule has 1 amide bonds. The highest BCUT2D eigenvalue weighted by atomic mass is 35.5. The van der Waals surface area contributed by atoms with Gasteiger partial charge in [0, 0.05) is 46.9 Å². The molecule has 1 aromatic heterocycles. The highest BCUT2D eigenvalue weighted by Gasteiger charge is 2.26. The van der Waals surface area contributed by atoms with Crippen molar-refractivity contribution in [2.45, 2.75) is 26.8 Å². The Hall–Kier alpha value is -2.96. The van der Waals surface area contributed by atoms with Crippen LogP contribution in [0.5, 0.6) is 0 Å². The molecule has 160 valence electrons. The smallest absolute Gasteiger partial charge is 0.339 e. The van der Waals surface area contributed by atoms with Gasteiger partial charge in [-0.2, -0.15) is 0 Å². The second kappa shape index (κ2) is 9.04. The monoisotopic (exact) mass is 437 g/mol. The predicted molar refractivity (Wildman–Crippen MR) is 121 cm³/mol. The zero-order valence-corrected chi connectivity index (χ0v) is 18.3. The molecule has 0 atom stereocenters. The van der Waals surface area contributed by atoms with Crippen molar-refractivity contribution in [2.24, 2.45) is 0 Å². The number of amides is 1. The van der Waals surface area contributed by atoms with Gasteiger partial charge in [-0.15, -0.1) is 0 Å². The van der Waals surface area contributed by atoms with Crippen molar-refractivity contribution in [3.8, 4) is 0 Å². The molecule has 1 aliphatic heterocycles. The maximum atomic E-state index is 13.1. The van der Waals surface area contributed by atoms with Gasteiger partial charge in [-0.25, -0.2) is 4.79 Å². The lowest BCUT2D eigenvalue weighted by Gasteiger charge is -2.28. The highest BCUT2D eigenvalue weighted by Crippen LogP contribution is 2.28. The van der Waals surface area contributed by atoms with E-state index in [-0.39, 0.29) is 6.61 Å². The minimum atomic E-state index is -0.509. The minimum Gasteiger partial charge on any atom is -0.452 e. The van der Waals surface area contributed by atoms with Crippen molar-refractivity contribution in [1.29, 1.82) is 0 Å². The average molecular weight is 438 g/mol. The molecule has 2 aromatic carbocycles. The number of likely N-dealkylation sites (N-methyl/N-ethyl adjacent to an activating group) is 1. The first-order valence-electron chi connectivity index (χ1n) is 10.3. The molecule has 7 heteroatoms. The third-order valence-electron chi connectivity index (χ3n) is 5.57. The Morgan fingerprint density at radius 3 is 2.81 bits per heavy atom. The molecule has 4 rings (SSSR count). The number of aryl methyl sites for hydroxylation is 1. The van der Waals surface area contributed by atoms with E-state index in [0.29, 0.717) is 22.8 Å². The summed E-state index contributed by atoms with van der Waals surface area (Å²) in [6, 6.07) is 12.8. The topological polar surface area (TPSA) is 71.5 Å². The van der Waals surface area contributed by atoms with Gasteiger partial charge in [0.1, 0.15) is 0 Å². The first kappa shape index (κ1) is 21.3. The Morgan fingerprint density at radius 2 is 2.03 bits per heavy atom. The molecule has 0 spiro atoms. The molecule has 0 bridgehead atoms. The second-order valence-corrected chi connectivity index (χ2v) is 8.04. The van der Waals surface area contributed by atoms with Gasteiger partial charge in [-0.05, 0) is 37.2 Å². The molecular weight excluding hydrogens is 414 g/mol. The number of esters is 1. The number of fused-ring (bicyclic) bond motifs is 2. The number of hydrogen-bond acceptors (Lipinski definition) is 5. The van der Waals surface area contributed by atoms with Crippen LogP contribution in [0.2, 0.25) is 5.02 Å². The summed E-state index contributed by atoms with van der Waals surface area (Å²) >= 11 is 6.10. The summed E-state index contributed by atoms with van der Waals surface area (Å²) < 4.78 is 5.43. The van der Waals surface area contributed by atoms with Crippen LogP contribution in [0, 0.1) is 6.92 Å². The van der Waals surface area contributed by atoms with Crippen LogP contribution in [0.4, 0.5) is 5.69 Å². The minimum absolute atomic E-state index is 0.382. The molecule has 1 aliphatic rings. The molecule has 1 N–H and O–H groups in total. The van der Waals surface area contributed by atoms with Crippen molar-refractivity contribution in [2.75, 3.05) is 25.0 Å². The van der Waals surface area contributed by atoms with Crippen LogP contribution in [-0.4, -0.2) is 41.5 Å². The zero-order chi connectivity index (χ0) is 22.0. The third-order valence-corrected chi connectivity index (χ3v) is 5.97. The Balaban J connectivity index is 1.55. The van der Waals surface area contributed by atoms with Crippen LogP contribution >= 0.6 is 11.6 Å². The zero-order valence-electron chi connectivity index (χ0n) is 17.6. The Bertz CT molecular complexity index is 1160. The molecule has 2 heterocycles. The highest BCUT2D eigenvalue weighted by molar-refractivity contribution is 6.31. The lowest BCUT2D eigenvalue weighted by molar-refractivity contribution is -0.119. The van der Waals surface area contributed by atoms with E-state index in [1.54, 1.807) is 12.1 Å². The quantitative estimate of drug-likeness (QED) is 0.600. The average Bonchev–Trinajstić information content (AvgIpc) is 2.78. The van der Waals surface area contributed by atoms with Crippen LogP contribution in [0.25, 0.3) is 10.9 Å². The lowest BCUT2D eigenvalue weighted by Crippen LogP contribution is -2.32. The van der Waals surface area contributed by atoms with Crippen molar-refractivity contribution >= 4 is 40.1 Å². The van der Waals surface area contributed by atoms with Crippen LogP contribution in [-0.2, 0) is 22.5 Å². The summed E-state index contributed by atoms with van der Waals surface area (Å²) in [5.74, 6) is -0.930. The molecule has 31 heavy (non-hydrogen) atoms. The maximum Gasteiger partial charge on any atom is 0.339 e. The Kier molecular flexibility index (Phi) is 6.20. The predicted octanol–water partition coefficient (Wildman–Crippen LogP) is 4.37. The Labute approximate surface area is 186 Å². The standard InChI is InChI=1S/C24H24ClN3O3/c1-3-28-11-10-21-18(13-28)23(17-6-4-5-7-20(17)27-21)24(30)31-14-22(29)26-16-9-8-15(2)19(25)12-16/h4-9,12H,3,10-11,13-14H2,1-2H3,(H,26,29). The van der Waals surface area contributed by atoms with Crippen molar-refractivity contribution in [3.63, 3.8) is 0 Å². The van der Waals surface area contributed by atoms with Crippen molar-refractivity contribution in [3.05, 3.63) is 69.9 Å². The first-order chi connectivity index (χ1) is 15.0.